The number of carboxylic acid groups (broad SMARTS) is 1. The number of ether oxygens (including phenoxy) is 1. The van der Waals surface area contributed by atoms with Crippen LogP contribution in [0, 0.1) is 0 Å². The van der Waals surface area contributed by atoms with Crippen LogP contribution in [0.4, 0.5) is 16.2 Å². The average molecular weight is 322 g/mol. The maximum atomic E-state index is 12.7. The van der Waals surface area contributed by atoms with E-state index in [2.05, 4.69) is 10.6 Å². The lowest BCUT2D eigenvalue weighted by atomic mass is 10.0. The number of rotatable bonds is 4. The molecule has 1 fully saturated rings. The third kappa shape index (κ3) is 3.77. The van der Waals surface area contributed by atoms with Crippen molar-refractivity contribution in [1.29, 1.82) is 0 Å². The Kier molecular flexibility index (Phi) is 5.15. The first-order valence-corrected chi connectivity index (χ1v) is 7.40. The molecule has 1 heterocycles. The minimum atomic E-state index is -1.08. The zero-order valence-electron chi connectivity index (χ0n) is 13.3. The van der Waals surface area contributed by atoms with Crippen molar-refractivity contribution in [2.24, 2.45) is 0 Å². The average Bonchev–Trinajstić information content (AvgIpc) is 2.52. The van der Waals surface area contributed by atoms with E-state index in [9.17, 15) is 9.59 Å². The zero-order valence-corrected chi connectivity index (χ0v) is 13.3. The topological polar surface area (TPSA) is 117 Å². The van der Waals surface area contributed by atoms with Gasteiger partial charge in [0.2, 0.25) is 0 Å². The van der Waals surface area contributed by atoms with Crippen LogP contribution in [-0.2, 0) is 0 Å². The lowest BCUT2D eigenvalue weighted by molar-refractivity contribution is 0.0692. The van der Waals surface area contributed by atoms with Gasteiger partial charge in [-0.1, -0.05) is 0 Å². The number of nitrogens with one attached hydrogen (secondary N) is 2. The van der Waals surface area contributed by atoms with Crippen LogP contribution >= 0.6 is 0 Å². The number of carbonyl (C=O) groups is 2. The normalized spacial score (nSPS) is 17.5. The van der Waals surface area contributed by atoms with Gasteiger partial charge < -0.3 is 31.1 Å². The summed E-state index contributed by atoms with van der Waals surface area (Å²) in [6, 6.07) is 2.99. The van der Waals surface area contributed by atoms with Crippen LogP contribution in [0.15, 0.2) is 12.1 Å². The highest BCUT2D eigenvalue weighted by Gasteiger charge is 2.26. The highest BCUT2D eigenvalue weighted by atomic mass is 16.5. The minimum Gasteiger partial charge on any atom is -0.494 e. The highest BCUT2D eigenvalue weighted by molar-refractivity contribution is 5.97. The van der Waals surface area contributed by atoms with E-state index >= 15 is 0 Å². The van der Waals surface area contributed by atoms with Crippen molar-refractivity contribution in [3.8, 4) is 5.75 Å². The molecule has 23 heavy (non-hydrogen) atoms. The molecular weight excluding hydrogens is 300 g/mol. The smallest absolute Gasteiger partial charge is 0.404 e. The second-order valence-electron chi connectivity index (χ2n) is 5.43. The Bertz CT molecular complexity index is 605. The summed E-state index contributed by atoms with van der Waals surface area (Å²) >= 11 is 0. The largest absolute Gasteiger partial charge is 0.494 e. The van der Waals surface area contributed by atoms with Gasteiger partial charge >= 0.3 is 6.09 Å². The van der Waals surface area contributed by atoms with Gasteiger partial charge in [-0.25, -0.2) is 4.79 Å². The monoisotopic (exact) mass is 322 g/mol. The summed E-state index contributed by atoms with van der Waals surface area (Å²) in [7, 11) is 3.24. The first-order valence-electron chi connectivity index (χ1n) is 7.40. The van der Waals surface area contributed by atoms with E-state index in [0.717, 1.165) is 12.8 Å². The molecule has 126 valence electrons. The zero-order chi connectivity index (χ0) is 17.0. The second kappa shape index (κ2) is 7.08. The quantitative estimate of drug-likeness (QED) is 0.619. The van der Waals surface area contributed by atoms with E-state index in [4.69, 9.17) is 15.6 Å². The summed E-state index contributed by atoms with van der Waals surface area (Å²) < 4.78 is 5.27. The summed E-state index contributed by atoms with van der Waals surface area (Å²) in [5.74, 6) is 0.308. The molecule has 5 N–H and O–H groups in total. The Morgan fingerprint density at radius 2 is 2.17 bits per heavy atom. The molecule has 2 amide bonds. The standard InChI is InChI=1S/C15H22N4O4/c1-17-13-11(16)6-9(7-12(13)23-2)14(20)19-5-3-4-10(8-19)18-15(21)22/h6-7,10,17-18H,3-5,8,16H2,1-2H3,(H,21,22). The third-order valence-electron chi connectivity index (χ3n) is 3.89. The number of piperidine rings is 1. The first kappa shape index (κ1) is 16.7. The third-order valence-corrected chi connectivity index (χ3v) is 3.89. The summed E-state index contributed by atoms with van der Waals surface area (Å²) in [6.45, 7) is 0.938. The van der Waals surface area contributed by atoms with Crippen LogP contribution in [-0.4, -0.2) is 55.3 Å². The molecule has 2 rings (SSSR count). The van der Waals surface area contributed by atoms with Gasteiger partial charge in [0, 0.05) is 31.7 Å². The number of likely N-dealkylation sites (tertiary alicyclic amines) is 1. The number of nitrogens with two attached hydrogens (primary N) is 1. The molecule has 1 atom stereocenters. The van der Waals surface area contributed by atoms with Crippen molar-refractivity contribution >= 4 is 23.4 Å². The fourth-order valence-corrected chi connectivity index (χ4v) is 2.83. The van der Waals surface area contributed by atoms with Crippen LogP contribution in [0.1, 0.15) is 23.2 Å². The Labute approximate surface area is 134 Å². The van der Waals surface area contributed by atoms with Gasteiger partial charge in [-0.2, -0.15) is 0 Å². The number of methoxy groups -OCH3 is 1. The van der Waals surface area contributed by atoms with E-state index < -0.39 is 6.09 Å². The van der Waals surface area contributed by atoms with Crippen LogP contribution in [0.25, 0.3) is 0 Å². The van der Waals surface area contributed by atoms with Crippen molar-refractivity contribution in [2.75, 3.05) is 38.3 Å². The summed E-state index contributed by atoms with van der Waals surface area (Å²) in [5, 5.41) is 14.2. The molecule has 1 unspecified atom stereocenters. The molecule has 0 radical (unpaired) electrons. The SMILES string of the molecule is CNc1c(N)cc(C(=O)N2CCCC(NC(=O)O)C2)cc1OC. The van der Waals surface area contributed by atoms with E-state index in [1.807, 2.05) is 0 Å². The van der Waals surface area contributed by atoms with E-state index in [0.29, 0.717) is 35.8 Å². The van der Waals surface area contributed by atoms with Gasteiger partial charge in [0.05, 0.1) is 18.5 Å². The van der Waals surface area contributed by atoms with Crippen molar-refractivity contribution in [3.05, 3.63) is 17.7 Å². The Balaban J connectivity index is 2.19. The number of nitrogens with zero attached hydrogens (tertiary/aromatic N) is 1. The molecule has 1 aliphatic rings. The molecule has 1 aromatic rings. The number of carbonyl (C=O) groups excluding carboxylic acids is 1. The van der Waals surface area contributed by atoms with Gasteiger partial charge in [0.15, 0.2) is 0 Å². The molecular formula is C15H22N4O4. The molecule has 8 heteroatoms. The summed E-state index contributed by atoms with van der Waals surface area (Å²) in [6.07, 6.45) is 0.395. The van der Waals surface area contributed by atoms with Crippen LogP contribution < -0.4 is 21.1 Å². The maximum Gasteiger partial charge on any atom is 0.404 e. The molecule has 1 aromatic carbocycles. The molecule has 1 aliphatic heterocycles. The minimum absolute atomic E-state index is 0.186. The number of amides is 2. The van der Waals surface area contributed by atoms with Gasteiger partial charge in [0.25, 0.3) is 5.91 Å². The highest BCUT2D eigenvalue weighted by Crippen LogP contribution is 2.32. The molecule has 0 bridgehead atoms. The number of anilines is 2. The fourth-order valence-electron chi connectivity index (χ4n) is 2.83. The van der Waals surface area contributed by atoms with Gasteiger partial charge in [-0.15, -0.1) is 0 Å². The van der Waals surface area contributed by atoms with E-state index in [-0.39, 0.29) is 11.9 Å². The van der Waals surface area contributed by atoms with Gasteiger partial charge in [-0.3, -0.25) is 4.79 Å². The number of hydrogen-bond donors (Lipinski definition) is 4. The van der Waals surface area contributed by atoms with Crippen LogP contribution in [0.3, 0.4) is 0 Å². The predicted octanol–water partition coefficient (Wildman–Crippen LogP) is 1.19. The molecule has 0 aliphatic carbocycles. The summed E-state index contributed by atoms with van der Waals surface area (Å²) in [4.78, 5) is 25.1. The molecule has 1 saturated heterocycles. The molecule has 0 spiro atoms. The van der Waals surface area contributed by atoms with Gasteiger partial charge in [0.1, 0.15) is 5.75 Å². The van der Waals surface area contributed by atoms with Crippen molar-refractivity contribution in [1.82, 2.24) is 10.2 Å². The van der Waals surface area contributed by atoms with Crippen LogP contribution in [0.2, 0.25) is 0 Å². The van der Waals surface area contributed by atoms with Crippen molar-refractivity contribution in [3.63, 3.8) is 0 Å². The van der Waals surface area contributed by atoms with Gasteiger partial charge in [-0.05, 0) is 25.0 Å². The molecule has 0 aromatic heterocycles. The Morgan fingerprint density at radius 1 is 1.43 bits per heavy atom. The maximum absolute atomic E-state index is 12.7. The van der Waals surface area contributed by atoms with E-state index in [1.165, 1.54) is 7.11 Å². The Hall–Kier alpha value is -2.64. The lowest BCUT2D eigenvalue weighted by Crippen LogP contribution is -2.49. The van der Waals surface area contributed by atoms with E-state index in [1.54, 1.807) is 24.1 Å². The Morgan fingerprint density at radius 3 is 2.78 bits per heavy atom. The predicted molar refractivity (Wildman–Crippen MR) is 87.0 cm³/mol. The first-order chi connectivity index (χ1) is 11.0. The summed E-state index contributed by atoms with van der Waals surface area (Å²) in [5.41, 5.74) is 7.45. The second-order valence-corrected chi connectivity index (χ2v) is 5.43. The van der Waals surface area contributed by atoms with Crippen molar-refractivity contribution in [2.45, 2.75) is 18.9 Å². The fraction of sp³-hybridized carbons (Fsp3) is 0.467. The molecule has 0 saturated carbocycles. The lowest BCUT2D eigenvalue weighted by Gasteiger charge is -2.32. The van der Waals surface area contributed by atoms with Crippen LogP contribution in [0.5, 0.6) is 5.75 Å². The molecule has 8 nitrogen and oxygen atoms in total. The number of benzene rings is 1. The number of nitrogen functional groups attached to an aromatic ring is 1. The van der Waals surface area contributed by atoms with Crippen molar-refractivity contribution < 1.29 is 19.4 Å². The number of hydrogen-bond acceptors (Lipinski definition) is 5.